The van der Waals surface area contributed by atoms with Crippen LogP contribution in [0.15, 0.2) is 36.4 Å². The molecule has 0 radical (unpaired) electrons. The minimum Gasteiger partial charge on any atom is -0.320 e. The van der Waals surface area contributed by atoms with Crippen LogP contribution in [0.3, 0.4) is 0 Å². The number of benzene rings is 2. The molecule has 0 spiro atoms. The Morgan fingerprint density at radius 1 is 1.29 bits per heavy atom. The van der Waals surface area contributed by atoms with E-state index < -0.39 is 0 Å². The van der Waals surface area contributed by atoms with Gasteiger partial charge in [-0.25, -0.2) is 4.98 Å². The summed E-state index contributed by atoms with van der Waals surface area (Å²) in [5.41, 5.74) is 3.87. The predicted molar refractivity (Wildman–Crippen MR) is 116 cm³/mol. The largest absolute Gasteiger partial charge is 0.320 e. The number of amides is 1. The van der Waals surface area contributed by atoms with Crippen LogP contribution in [0.2, 0.25) is 5.02 Å². The first-order chi connectivity index (χ1) is 13.5. The molecule has 2 heterocycles. The Balaban J connectivity index is 1.51. The molecule has 4 rings (SSSR count). The van der Waals surface area contributed by atoms with Crippen LogP contribution in [0.1, 0.15) is 41.4 Å². The number of carbonyl (C=O) groups is 1. The van der Waals surface area contributed by atoms with Crippen molar-refractivity contribution in [1.29, 1.82) is 0 Å². The molecule has 0 bridgehead atoms. The summed E-state index contributed by atoms with van der Waals surface area (Å²) >= 11 is 8.12. The molecule has 0 aliphatic carbocycles. The SMILES string of the molecule is Cc1cc(C)c(NC(=O)C[NH+]2CCCC[C@H]2c2nc3ccccc3s2)c(Cl)c1. The number of aryl methyl sites for hydroxylation is 2. The summed E-state index contributed by atoms with van der Waals surface area (Å²) in [7, 11) is 0. The molecule has 1 saturated heterocycles. The molecule has 146 valence electrons. The van der Waals surface area contributed by atoms with Gasteiger partial charge in [0.05, 0.1) is 27.5 Å². The molecule has 1 amide bonds. The number of rotatable bonds is 4. The Labute approximate surface area is 174 Å². The van der Waals surface area contributed by atoms with E-state index in [4.69, 9.17) is 16.6 Å². The van der Waals surface area contributed by atoms with Crippen molar-refractivity contribution in [3.63, 3.8) is 0 Å². The monoisotopic (exact) mass is 414 g/mol. The zero-order valence-corrected chi connectivity index (χ0v) is 17.8. The second-order valence-electron chi connectivity index (χ2n) is 7.64. The van der Waals surface area contributed by atoms with Gasteiger partial charge in [-0.05, 0) is 56.0 Å². The number of nitrogens with one attached hydrogen (secondary N) is 2. The van der Waals surface area contributed by atoms with Gasteiger partial charge < -0.3 is 10.2 Å². The van der Waals surface area contributed by atoms with Gasteiger partial charge in [0, 0.05) is 6.42 Å². The van der Waals surface area contributed by atoms with Gasteiger partial charge >= 0.3 is 0 Å². The Kier molecular flexibility index (Phi) is 5.67. The average molecular weight is 415 g/mol. The highest BCUT2D eigenvalue weighted by Crippen LogP contribution is 2.29. The van der Waals surface area contributed by atoms with Crippen molar-refractivity contribution >= 4 is 44.7 Å². The van der Waals surface area contributed by atoms with E-state index in [0.29, 0.717) is 11.6 Å². The van der Waals surface area contributed by atoms with E-state index >= 15 is 0 Å². The van der Waals surface area contributed by atoms with Gasteiger partial charge in [0.2, 0.25) is 0 Å². The first-order valence-electron chi connectivity index (χ1n) is 9.78. The van der Waals surface area contributed by atoms with Gasteiger partial charge in [0.25, 0.3) is 5.91 Å². The highest BCUT2D eigenvalue weighted by molar-refractivity contribution is 7.18. The maximum atomic E-state index is 12.8. The van der Waals surface area contributed by atoms with Gasteiger partial charge in [0.1, 0.15) is 6.04 Å². The fraction of sp³-hybridized carbons (Fsp3) is 0.364. The molecule has 4 nitrogen and oxygen atoms in total. The van der Waals surface area contributed by atoms with Crippen molar-refractivity contribution < 1.29 is 9.69 Å². The molecule has 1 unspecified atom stereocenters. The number of carbonyl (C=O) groups excluding carboxylic acids is 1. The summed E-state index contributed by atoms with van der Waals surface area (Å²) in [5.74, 6) is 0.0110. The molecule has 2 N–H and O–H groups in total. The molecule has 2 atom stereocenters. The normalized spacial score (nSPS) is 19.7. The molecule has 1 aliphatic heterocycles. The van der Waals surface area contributed by atoms with Crippen LogP contribution in [0.4, 0.5) is 5.69 Å². The molecule has 2 aromatic carbocycles. The van der Waals surface area contributed by atoms with Crippen molar-refractivity contribution in [1.82, 2.24) is 4.98 Å². The third-order valence-corrected chi connectivity index (χ3v) is 6.87. The summed E-state index contributed by atoms with van der Waals surface area (Å²) in [4.78, 5) is 19.0. The first kappa shape index (κ1) is 19.4. The lowest BCUT2D eigenvalue weighted by molar-refractivity contribution is -0.929. The highest BCUT2D eigenvalue weighted by Gasteiger charge is 2.32. The van der Waals surface area contributed by atoms with E-state index in [9.17, 15) is 4.79 Å². The minimum absolute atomic E-state index is 0.0110. The molecule has 28 heavy (non-hydrogen) atoms. The van der Waals surface area contributed by atoms with E-state index in [0.717, 1.165) is 46.7 Å². The summed E-state index contributed by atoms with van der Waals surface area (Å²) in [6, 6.07) is 12.5. The van der Waals surface area contributed by atoms with Crippen LogP contribution in [0.25, 0.3) is 10.2 Å². The molecule has 6 heteroatoms. The minimum atomic E-state index is 0.0110. The van der Waals surface area contributed by atoms with Gasteiger partial charge in [0.15, 0.2) is 11.6 Å². The van der Waals surface area contributed by atoms with Crippen LogP contribution in [0, 0.1) is 13.8 Å². The molecule has 3 aromatic rings. The number of quaternary nitrogens is 1. The number of thiazole rings is 1. The fourth-order valence-electron chi connectivity index (χ4n) is 4.09. The van der Waals surface area contributed by atoms with Crippen molar-refractivity contribution in [2.45, 2.75) is 39.2 Å². The van der Waals surface area contributed by atoms with Crippen LogP contribution in [-0.2, 0) is 4.79 Å². The molecule has 1 aromatic heterocycles. The quantitative estimate of drug-likeness (QED) is 0.668. The third kappa shape index (κ3) is 4.07. The van der Waals surface area contributed by atoms with Crippen molar-refractivity contribution in [3.05, 3.63) is 57.6 Å². The van der Waals surface area contributed by atoms with Gasteiger partial charge in [-0.1, -0.05) is 29.8 Å². The number of nitrogens with zero attached hydrogens (tertiary/aromatic N) is 1. The van der Waals surface area contributed by atoms with Gasteiger partial charge in [-0.3, -0.25) is 4.79 Å². The summed E-state index contributed by atoms with van der Waals surface area (Å²) < 4.78 is 1.22. The van der Waals surface area contributed by atoms with E-state index in [1.54, 1.807) is 11.3 Å². The molecule has 1 fully saturated rings. The van der Waals surface area contributed by atoms with E-state index in [1.807, 2.05) is 32.0 Å². The number of hydrogen-bond acceptors (Lipinski definition) is 3. The Morgan fingerprint density at radius 2 is 2.11 bits per heavy atom. The van der Waals surface area contributed by atoms with Crippen molar-refractivity contribution in [2.24, 2.45) is 0 Å². The van der Waals surface area contributed by atoms with Crippen molar-refractivity contribution in [2.75, 3.05) is 18.4 Å². The van der Waals surface area contributed by atoms with E-state index in [-0.39, 0.29) is 11.9 Å². The standard InChI is InChI=1S/C22H24ClN3OS/c1-14-11-15(2)21(16(23)12-14)25-20(27)13-26-10-6-5-8-18(26)22-24-17-7-3-4-9-19(17)28-22/h3-4,7,9,11-12,18H,5-6,8,10,13H2,1-2H3,(H,25,27)/p+1/t18-/m0/s1. The van der Waals surface area contributed by atoms with Crippen molar-refractivity contribution in [3.8, 4) is 0 Å². The molecular formula is C22H25ClN3OS+. The fourth-order valence-corrected chi connectivity index (χ4v) is 5.62. The maximum Gasteiger partial charge on any atom is 0.279 e. The number of aromatic nitrogens is 1. The number of fused-ring (bicyclic) bond motifs is 1. The van der Waals surface area contributed by atoms with Gasteiger partial charge in [-0.15, -0.1) is 11.3 Å². The van der Waals surface area contributed by atoms with E-state index in [1.165, 1.54) is 16.0 Å². The summed E-state index contributed by atoms with van der Waals surface area (Å²) in [5, 5.41) is 4.79. The van der Waals surface area contributed by atoms with Crippen LogP contribution < -0.4 is 10.2 Å². The predicted octanol–water partition coefficient (Wildman–Crippen LogP) is 4.32. The zero-order chi connectivity index (χ0) is 19.7. The Morgan fingerprint density at radius 3 is 2.89 bits per heavy atom. The molecule has 0 saturated carbocycles. The number of para-hydroxylation sites is 1. The lowest BCUT2D eigenvalue weighted by atomic mass is 10.0. The Hall–Kier alpha value is -1.95. The van der Waals surface area contributed by atoms with Crippen LogP contribution in [0.5, 0.6) is 0 Å². The molecular weight excluding hydrogens is 390 g/mol. The summed E-state index contributed by atoms with van der Waals surface area (Å²) in [6.07, 6.45) is 3.41. The lowest BCUT2D eigenvalue weighted by Crippen LogP contribution is -3.14. The smallest absolute Gasteiger partial charge is 0.279 e. The second-order valence-corrected chi connectivity index (χ2v) is 9.11. The highest BCUT2D eigenvalue weighted by atomic mass is 35.5. The number of piperidine rings is 1. The molecule has 1 aliphatic rings. The average Bonchev–Trinajstić information content (AvgIpc) is 3.09. The van der Waals surface area contributed by atoms with Crippen LogP contribution in [-0.4, -0.2) is 24.0 Å². The number of hydrogen-bond donors (Lipinski definition) is 2. The number of likely N-dealkylation sites (tertiary alicyclic amines) is 1. The Bertz CT molecular complexity index is 960. The van der Waals surface area contributed by atoms with E-state index in [2.05, 4.69) is 23.5 Å². The lowest BCUT2D eigenvalue weighted by Gasteiger charge is -2.30. The second kappa shape index (κ2) is 8.19. The number of anilines is 1. The maximum absolute atomic E-state index is 12.8. The van der Waals surface area contributed by atoms with Crippen LogP contribution >= 0.6 is 22.9 Å². The zero-order valence-electron chi connectivity index (χ0n) is 16.2. The third-order valence-electron chi connectivity index (χ3n) is 5.43. The summed E-state index contributed by atoms with van der Waals surface area (Å²) in [6.45, 7) is 5.41. The number of halogens is 1. The topological polar surface area (TPSA) is 46.4 Å². The first-order valence-corrected chi connectivity index (χ1v) is 11.0. The van der Waals surface area contributed by atoms with Gasteiger partial charge in [-0.2, -0.15) is 0 Å².